The molecule has 0 aliphatic carbocycles. The molecule has 0 unspecified atom stereocenters. The van der Waals surface area contributed by atoms with Crippen LogP contribution in [-0.2, 0) is 20.9 Å². The number of aromatic carboxylic acids is 1. The van der Waals surface area contributed by atoms with Gasteiger partial charge < -0.3 is 14.6 Å². The Morgan fingerprint density at radius 2 is 1.88 bits per heavy atom. The molecule has 166 valence electrons. The van der Waals surface area contributed by atoms with Gasteiger partial charge in [-0.3, -0.25) is 14.5 Å². The van der Waals surface area contributed by atoms with Gasteiger partial charge in [-0.1, -0.05) is 18.2 Å². The van der Waals surface area contributed by atoms with E-state index in [2.05, 4.69) is 20.7 Å². The van der Waals surface area contributed by atoms with Gasteiger partial charge in [0.05, 0.1) is 22.1 Å². The van der Waals surface area contributed by atoms with E-state index in [0.29, 0.717) is 15.8 Å². The van der Waals surface area contributed by atoms with E-state index in [0.717, 1.165) is 22.2 Å². The average molecular weight is 520 g/mol. The van der Waals surface area contributed by atoms with Crippen LogP contribution in [0.1, 0.15) is 28.4 Å². The summed E-state index contributed by atoms with van der Waals surface area (Å²) in [6.45, 7) is 1.67. The molecule has 1 saturated heterocycles. The maximum atomic E-state index is 12.6. The Kier molecular flexibility index (Phi) is 7.37. The molecule has 1 aliphatic rings. The van der Waals surface area contributed by atoms with Crippen molar-refractivity contribution < 1.29 is 33.8 Å². The van der Waals surface area contributed by atoms with Gasteiger partial charge in [0.1, 0.15) is 18.4 Å². The van der Waals surface area contributed by atoms with Crippen LogP contribution in [0.15, 0.2) is 51.8 Å². The summed E-state index contributed by atoms with van der Waals surface area (Å²) in [5.41, 5.74) is 1.66. The molecule has 1 fully saturated rings. The number of benzene rings is 2. The first-order valence-electron chi connectivity index (χ1n) is 9.30. The highest BCUT2D eigenvalue weighted by Gasteiger charge is 2.41. The van der Waals surface area contributed by atoms with Gasteiger partial charge in [0.15, 0.2) is 0 Å². The number of ether oxygens (including phenoxy) is 2. The molecule has 3 rings (SSSR count). The van der Waals surface area contributed by atoms with Gasteiger partial charge >= 0.3 is 11.9 Å². The zero-order valence-electron chi connectivity index (χ0n) is 17.0. The molecule has 0 radical (unpaired) electrons. The number of carbonyl (C=O) groups is 4. The third-order valence-electron chi connectivity index (χ3n) is 4.60. The van der Waals surface area contributed by atoms with Gasteiger partial charge in [-0.2, -0.15) is 0 Å². The number of carbonyl (C=O) groups excluding carboxylic acids is 3. The SMILES string of the molecule is COC(=O)[C@@H](C)N1C(=O)S/C(=C/c2ccc(OCc3ccc(C(=O)O)cc3)c(Br)c2)C1=O. The average Bonchev–Trinajstić information content (AvgIpc) is 3.05. The number of esters is 1. The standard InChI is InChI=1S/C22H18BrNO7S/c1-12(21(28)30-2)24-19(25)18(32-22(24)29)10-14-5-8-17(16(23)9-14)31-11-13-3-6-15(7-4-13)20(26)27/h3-10,12H,11H2,1-2H3,(H,26,27)/b18-10+/t12-/m1/s1. The third-order valence-corrected chi connectivity index (χ3v) is 6.11. The quantitative estimate of drug-likeness (QED) is 0.425. The summed E-state index contributed by atoms with van der Waals surface area (Å²) < 4.78 is 11.0. The van der Waals surface area contributed by atoms with Gasteiger partial charge in [0, 0.05) is 0 Å². The highest BCUT2D eigenvalue weighted by atomic mass is 79.9. The lowest BCUT2D eigenvalue weighted by Gasteiger charge is -2.18. The minimum Gasteiger partial charge on any atom is -0.488 e. The number of amides is 2. The van der Waals surface area contributed by atoms with E-state index in [1.807, 2.05) is 0 Å². The van der Waals surface area contributed by atoms with Gasteiger partial charge in [-0.25, -0.2) is 9.59 Å². The molecule has 1 N–H and O–H groups in total. The van der Waals surface area contributed by atoms with Crippen LogP contribution >= 0.6 is 27.7 Å². The maximum absolute atomic E-state index is 12.6. The summed E-state index contributed by atoms with van der Waals surface area (Å²) in [6.07, 6.45) is 1.56. The Morgan fingerprint density at radius 1 is 1.19 bits per heavy atom. The zero-order valence-corrected chi connectivity index (χ0v) is 19.4. The van der Waals surface area contributed by atoms with E-state index in [1.165, 1.54) is 26.2 Å². The molecule has 0 bridgehead atoms. The molecule has 8 nitrogen and oxygen atoms in total. The van der Waals surface area contributed by atoms with Crippen molar-refractivity contribution in [2.75, 3.05) is 7.11 Å². The molecule has 1 heterocycles. The van der Waals surface area contributed by atoms with E-state index in [1.54, 1.807) is 36.4 Å². The van der Waals surface area contributed by atoms with Crippen LogP contribution in [-0.4, -0.2) is 46.2 Å². The maximum Gasteiger partial charge on any atom is 0.335 e. The molecule has 10 heteroatoms. The van der Waals surface area contributed by atoms with Crippen LogP contribution in [0.5, 0.6) is 5.75 Å². The highest BCUT2D eigenvalue weighted by molar-refractivity contribution is 9.10. The van der Waals surface area contributed by atoms with Crippen molar-refractivity contribution in [2.45, 2.75) is 19.6 Å². The van der Waals surface area contributed by atoms with Crippen LogP contribution in [0, 0.1) is 0 Å². The van der Waals surface area contributed by atoms with E-state index in [4.69, 9.17) is 9.84 Å². The normalized spacial score (nSPS) is 15.7. The molecule has 32 heavy (non-hydrogen) atoms. The number of hydrogen-bond donors (Lipinski definition) is 1. The summed E-state index contributed by atoms with van der Waals surface area (Å²) in [6, 6.07) is 10.5. The van der Waals surface area contributed by atoms with Crippen LogP contribution in [0.2, 0.25) is 0 Å². The lowest BCUT2D eigenvalue weighted by atomic mass is 10.1. The number of carboxylic acids is 1. The first-order valence-corrected chi connectivity index (χ1v) is 10.9. The summed E-state index contributed by atoms with van der Waals surface area (Å²) >= 11 is 4.18. The Bertz CT molecular complexity index is 1110. The predicted molar refractivity (Wildman–Crippen MR) is 121 cm³/mol. The molecule has 1 aliphatic heterocycles. The van der Waals surface area contributed by atoms with Crippen molar-refractivity contribution in [1.82, 2.24) is 4.90 Å². The van der Waals surface area contributed by atoms with Crippen LogP contribution in [0.4, 0.5) is 4.79 Å². The van der Waals surface area contributed by atoms with Crippen LogP contribution in [0.3, 0.4) is 0 Å². The second-order valence-corrected chi connectivity index (χ2v) is 8.58. The number of carboxylic acid groups (broad SMARTS) is 1. The Hall–Kier alpha value is -3.11. The number of nitrogens with zero attached hydrogens (tertiary/aromatic N) is 1. The molecule has 2 amide bonds. The summed E-state index contributed by atoms with van der Waals surface area (Å²) in [7, 11) is 1.19. The van der Waals surface area contributed by atoms with E-state index in [-0.39, 0.29) is 17.1 Å². The first-order chi connectivity index (χ1) is 15.2. The lowest BCUT2D eigenvalue weighted by molar-refractivity contribution is -0.148. The topological polar surface area (TPSA) is 110 Å². The highest BCUT2D eigenvalue weighted by Crippen LogP contribution is 2.35. The molecule has 1 atom stereocenters. The molecule has 2 aromatic carbocycles. The Balaban J connectivity index is 1.70. The lowest BCUT2D eigenvalue weighted by Crippen LogP contribution is -2.42. The number of imide groups is 1. The van der Waals surface area contributed by atoms with Crippen molar-refractivity contribution in [3.63, 3.8) is 0 Å². The minimum atomic E-state index is -1.01. The fraction of sp³-hybridized carbons (Fsp3) is 0.182. The molecule has 0 aromatic heterocycles. The van der Waals surface area contributed by atoms with Crippen molar-refractivity contribution in [2.24, 2.45) is 0 Å². The fourth-order valence-corrected chi connectivity index (χ4v) is 4.29. The summed E-state index contributed by atoms with van der Waals surface area (Å²) in [4.78, 5) is 48.5. The van der Waals surface area contributed by atoms with E-state index >= 15 is 0 Å². The van der Waals surface area contributed by atoms with E-state index in [9.17, 15) is 19.2 Å². The van der Waals surface area contributed by atoms with Crippen molar-refractivity contribution in [3.05, 3.63) is 68.5 Å². The van der Waals surface area contributed by atoms with Crippen molar-refractivity contribution in [1.29, 1.82) is 0 Å². The number of rotatable bonds is 7. The number of halogens is 1. The minimum absolute atomic E-state index is 0.199. The molecule has 2 aromatic rings. The summed E-state index contributed by atoms with van der Waals surface area (Å²) in [5, 5.41) is 8.41. The Labute approximate surface area is 196 Å². The summed E-state index contributed by atoms with van der Waals surface area (Å²) in [5.74, 6) is -1.67. The van der Waals surface area contributed by atoms with Gasteiger partial charge in [0.25, 0.3) is 11.1 Å². The molecular formula is C22H18BrNO7S. The van der Waals surface area contributed by atoms with Crippen LogP contribution < -0.4 is 4.74 Å². The molecular weight excluding hydrogens is 502 g/mol. The van der Waals surface area contributed by atoms with E-state index < -0.39 is 29.1 Å². The molecule has 0 saturated carbocycles. The second kappa shape index (κ2) is 10.0. The number of thioether (sulfide) groups is 1. The predicted octanol–water partition coefficient (Wildman–Crippen LogP) is 4.32. The fourth-order valence-electron chi connectivity index (χ4n) is 2.87. The monoisotopic (exact) mass is 519 g/mol. The zero-order chi connectivity index (χ0) is 23.4. The van der Waals surface area contributed by atoms with Crippen molar-refractivity contribution in [3.8, 4) is 5.75 Å². The van der Waals surface area contributed by atoms with Gasteiger partial charge in [-0.15, -0.1) is 0 Å². The second-order valence-electron chi connectivity index (χ2n) is 6.73. The first kappa shape index (κ1) is 23.6. The number of methoxy groups -OCH3 is 1. The van der Waals surface area contributed by atoms with Gasteiger partial charge in [0.2, 0.25) is 0 Å². The number of hydrogen-bond acceptors (Lipinski definition) is 7. The van der Waals surface area contributed by atoms with Crippen LogP contribution in [0.25, 0.3) is 6.08 Å². The smallest absolute Gasteiger partial charge is 0.335 e. The largest absolute Gasteiger partial charge is 0.488 e. The Morgan fingerprint density at radius 3 is 2.47 bits per heavy atom. The van der Waals surface area contributed by atoms with Gasteiger partial charge in [-0.05, 0) is 76.1 Å². The van der Waals surface area contributed by atoms with Crippen molar-refractivity contribution >= 4 is 56.9 Å². The molecule has 0 spiro atoms. The third kappa shape index (κ3) is 5.20.